The molecule has 166 valence electrons. The molecule has 0 fully saturated rings. The van der Waals surface area contributed by atoms with Crippen LogP contribution in [-0.2, 0) is 18.9 Å². The molecular formula is C20H44NaO6P. The average Bonchev–Trinajstić information content (AvgIpc) is 2.62. The normalized spacial score (nSPS) is 13.9. The summed E-state index contributed by atoms with van der Waals surface area (Å²) in [5, 5.41) is 0. The van der Waals surface area contributed by atoms with E-state index >= 15 is 0 Å². The summed E-state index contributed by atoms with van der Waals surface area (Å²) in [7, 11) is -4.65. The van der Waals surface area contributed by atoms with Crippen molar-refractivity contribution in [1.29, 1.82) is 0 Å². The fourth-order valence-electron chi connectivity index (χ4n) is 2.93. The zero-order valence-electron chi connectivity index (χ0n) is 19.7. The van der Waals surface area contributed by atoms with Gasteiger partial charge in [-0.2, -0.15) is 4.89 Å². The van der Waals surface area contributed by atoms with Gasteiger partial charge in [0.15, 0.2) is 6.29 Å². The zero-order chi connectivity index (χ0) is 20.4. The molecule has 0 spiro atoms. The Balaban J connectivity index is -0.00000338. The topological polar surface area (TPSA) is 85.2 Å². The Kier molecular flexibility index (Phi) is 23.7. The first-order valence-corrected chi connectivity index (χ1v) is 12.5. The molecule has 0 aliphatic heterocycles. The minimum absolute atomic E-state index is 0. The molecule has 2 unspecified atom stereocenters. The van der Waals surface area contributed by atoms with Crippen LogP contribution in [0.4, 0.5) is 0 Å². The first-order chi connectivity index (χ1) is 12.9. The fourth-order valence-corrected chi connectivity index (χ4v) is 3.14. The van der Waals surface area contributed by atoms with Crippen molar-refractivity contribution in [2.24, 2.45) is 0 Å². The van der Waals surface area contributed by atoms with E-state index in [2.05, 4.69) is 11.6 Å². The van der Waals surface area contributed by atoms with Gasteiger partial charge in [-0.15, -0.1) is 4.67 Å². The molecule has 8 heteroatoms. The molecule has 28 heavy (non-hydrogen) atoms. The second-order valence-corrected chi connectivity index (χ2v) is 8.61. The molecule has 0 saturated heterocycles. The smallest absolute Gasteiger partial charge is 1.00 e. The number of hydrogen-bond donors (Lipinski definition) is 2. The molecule has 0 aromatic heterocycles. The van der Waals surface area contributed by atoms with Crippen LogP contribution >= 0.6 is 7.82 Å². The second-order valence-electron chi connectivity index (χ2n) is 7.48. The van der Waals surface area contributed by atoms with E-state index in [0.29, 0.717) is 6.42 Å². The summed E-state index contributed by atoms with van der Waals surface area (Å²) in [6.07, 6.45) is 17.2. The molecular weight excluding hydrogens is 390 g/mol. The van der Waals surface area contributed by atoms with E-state index in [4.69, 9.17) is 19.4 Å². The van der Waals surface area contributed by atoms with Crippen LogP contribution < -0.4 is 29.6 Å². The first kappa shape index (κ1) is 31.2. The Labute approximate surface area is 196 Å². The molecule has 0 aromatic carbocycles. The number of hydrogen-bond acceptors (Lipinski definition) is 4. The van der Waals surface area contributed by atoms with E-state index in [1.165, 1.54) is 70.6 Å². The van der Waals surface area contributed by atoms with Crippen LogP contribution in [0.5, 0.6) is 0 Å². The predicted octanol–water partition coefficient (Wildman–Crippen LogP) is 3.77. The SMILES string of the molecule is CCCCCCCCCCCCCCCC(OOP(=O)(O)O)OC(C)CC.[H-].[Na+]. The Bertz CT molecular complexity index is 373. The summed E-state index contributed by atoms with van der Waals surface area (Å²) in [6, 6.07) is 0. The van der Waals surface area contributed by atoms with E-state index in [9.17, 15) is 4.57 Å². The molecule has 6 nitrogen and oxygen atoms in total. The zero-order valence-corrected chi connectivity index (χ0v) is 21.6. The van der Waals surface area contributed by atoms with Crippen molar-refractivity contribution in [1.82, 2.24) is 0 Å². The van der Waals surface area contributed by atoms with E-state index in [1.807, 2.05) is 13.8 Å². The third-order valence-electron chi connectivity index (χ3n) is 4.75. The second kappa shape index (κ2) is 21.3. The van der Waals surface area contributed by atoms with Crippen LogP contribution in [0.2, 0.25) is 0 Å². The number of unbranched alkanes of at least 4 members (excludes halogenated alkanes) is 12. The van der Waals surface area contributed by atoms with Gasteiger partial charge in [-0.25, -0.2) is 4.57 Å². The molecule has 0 radical (unpaired) electrons. The van der Waals surface area contributed by atoms with E-state index in [1.54, 1.807) is 0 Å². The maximum absolute atomic E-state index is 10.8. The average molecular weight is 435 g/mol. The van der Waals surface area contributed by atoms with Gasteiger partial charge < -0.3 is 16.0 Å². The molecule has 0 aliphatic carbocycles. The summed E-state index contributed by atoms with van der Waals surface area (Å²) in [5.74, 6) is 0. The molecule has 0 aromatic rings. The third-order valence-corrected chi connectivity index (χ3v) is 5.03. The minimum Gasteiger partial charge on any atom is -1.00 e. The van der Waals surface area contributed by atoms with Gasteiger partial charge in [0.05, 0.1) is 6.10 Å². The number of ether oxygens (including phenoxy) is 1. The van der Waals surface area contributed by atoms with Gasteiger partial charge in [-0.3, -0.25) is 0 Å². The van der Waals surface area contributed by atoms with Crippen LogP contribution in [0.3, 0.4) is 0 Å². The van der Waals surface area contributed by atoms with Crippen molar-refractivity contribution in [3.05, 3.63) is 0 Å². The van der Waals surface area contributed by atoms with Crippen LogP contribution in [0.1, 0.15) is 119 Å². The van der Waals surface area contributed by atoms with Gasteiger partial charge >= 0.3 is 37.4 Å². The van der Waals surface area contributed by atoms with Crippen molar-refractivity contribution in [2.45, 2.75) is 129 Å². The largest absolute Gasteiger partial charge is 1.00 e. The van der Waals surface area contributed by atoms with Gasteiger partial charge in [0.2, 0.25) is 0 Å². The van der Waals surface area contributed by atoms with Crippen molar-refractivity contribution < 1.29 is 59.6 Å². The summed E-state index contributed by atoms with van der Waals surface area (Å²) in [5.41, 5.74) is 0. The fraction of sp³-hybridized carbons (Fsp3) is 1.00. The molecule has 2 N–H and O–H groups in total. The summed E-state index contributed by atoms with van der Waals surface area (Å²) in [4.78, 5) is 22.3. The van der Waals surface area contributed by atoms with Crippen LogP contribution in [0, 0.1) is 0 Å². The van der Waals surface area contributed by atoms with Gasteiger partial charge in [-0.1, -0.05) is 90.9 Å². The maximum Gasteiger partial charge on any atom is 1.00 e. The van der Waals surface area contributed by atoms with Crippen LogP contribution in [0.25, 0.3) is 0 Å². The Morgan fingerprint density at radius 1 is 0.821 bits per heavy atom. The van der Waals surface area contributed by atoms with Gasteiger partial charge in [-0.05, 0) is 19.8 Å². The Morgan fingerprint density at radius 3 is 1.64 bits per heavy atom. The van der Waals surface area contributed by atoms with Gasteiger partial charge in [0.1, 0.15) is 0 Å². The molecule has 0 aliphatic rings. The van der Waals surface area contributed by atoms with Gasteiger partial charge in [0, 0.05) is 6.42 Å². The third kappa shape index (κ3) is 23.3. The van der Waals surface area contributed by atoms with Gasteiger partial charge in [0.25, 0.3) is 0 Å². The molecule has 0 rings (SSSR count). The number of phosphoric acid groups is 1. The van der Waals surface area contributed by atoms with Crippen molar-refractivity contribution >= 4 is 7.82 Å². The standard InChI is InChI=1S/C20H43O6P.Na.H/c1-4-6-7-8-9-10-11-12-13-14-15-16-17-18-20(24-19(3)5-2)25-26-27(21,22)23;;/h19-20H,4-18H2,1-3H3,(H2,21,22,23);;/q;+1;-1. The van der Waals surface area contributed by atoms with Crippen LogP contribution in [0.15, 0.2) is 0 Å². The summed E-state index contributed by atoms with van der Waals surface area (Å²) >= 11 is 0. The summed E-state index contributed by atoms with van der Waals surface area (Å²) in [6.45, 7) is 6.14. The minimum atomic E-state index is -4.65. The maximum atomic E-state index is 10.8. The van der Waals surface area contributed by atoms with Crippen LogP contribution in [-0.4, -0.2) is 22.2 Å². The number of rotatable bonds is 20. The predicted molar refractivity (Wildman–Crippen MR) is 110 cm³/mol. The molecule has 0 amide bonds. The molecule has 0 saturated carbocycles. The quantitative estimate of drug-likeness (QED) is 0.0758. The molecule has 0 heterocycles. The Hall–Kier alpha value is 1.03. The van der Waals surface area contributed by atoms with E-state index in [-0.39, 0.29) is 37.1 Å². The molecule has 2 atom stereocenters. The van der Waals surface area contributed by atoms with Crippen molar-refractivity contribution in [2.75, 3.05) is 0 Å². The summed E-state index contributed by atoms with van der Waals surface area (Å²) < 4.78 is 20.5. The van der Waals surface area contributed by atoms with Crippen molar-refractivity contribution in [3.8, 4) is 0 Å². The van der Waals surface area contributed by atoms with Crippen molar-refractivity contribution in [3.63, 3.8) is 0 Å². The van der Waals surface area contributed by atoms with E-state index < -0.39 is 14.1 Å². The molecule has 0 bridgehead atoms. The van der Waals surface area contributed by atoms with E-state index in [0.717, 1.165) is 19.3 Å². The monoisotopic (exact) mass is 434 g/mol. The first-order valence-electron chi connectivity index (χ1n) is 10.9. The Morgan fingerprint density at radius 2 is 1.25 bits per heavy atom.